The first-order valence-electron chi connectivity index (χ1n) is 11.5. The van der Waals surface area contributed by atoms with E-state index in [4.69, 9.17) is 16.6 Å². The van der Waals surface area contributed by atoms with Crippen molar-refractivity contribution in [3.8, 4) is 0 Å². The van der Waals surface area contributed by atoms with Gasteiger partial charge in [0.05, 0.1) is 55.9 Å². The molecule has 1 amide bonds. The van der Waals surface area contributed by atoms with Gasteiger partial charge in [-0.2, -0.15) is 0 Å². The van der Waals surface area contributed by atoms with Gasteiger partial charge in [0.25, 0.3) is 11.5 Å². The molecule has 0 bridgehead atoms. The number of nitrogens with zero attached hydrogens (tertiary/aromatic N) is 2. The number of piperazine rings is 1. The normalized spacial score (nSPS) is 18.3. The fourth-order valence-corrected chi connectivity index (χ4v) is 5.45. The SMILES string of the molecule is O=C(c1ccc2c(=O)n(Cc3ccco3)c(=S)[nH]c2c1)N1CC[NH+](C2CCCCC2)CC1. The molecule has 1 aliphatic carbocycles. The summed E-state index contributed by atoms with van der Waals surface area (Å²) in [4.78, 5) is 32.9. The van der Waals surface area contributed by atoms with Crippen molar-refractivity contribution >= 4 is 29.0 Å². The van der Waals surface area contributed by atoms with Crippen molar-refractivity contribution in [1.82, 2.24) is 14.5 Å². The van der Waals surface area contributed by atoms with Gasteiger partial charge in [-0.3, -0.25) is 14.2 Å². The molecule has 1 aliphatic heterocycles. The highest BCUT2D eigenvalue weighted by molar-refractivity contribution is 7.71. The van der Waals surface area contributed by atoms with Gasteiger partial charge in [-0.15, -0.1) is 0 Å². The van der Waals surface area contributed by atoms with E-state index in [1.54, 1.807) is 35.4 Å². The number of hydrogen-bond acceptors (Lipinski definition) is 4. The van der Waals surface area contributed by atoms with Crippen molar-refractivity contribution in [2.24, 2.45) is 0 Å². The second kappa shape index (κ2) is 9.03. The Kier molecular flexibility index (Phi) is 5.97. The Morgan fingerprint density at radius 3 is 2.66 bits per heavy atom. The van der Waals surface area contributed by atoms with E-state index in [0.29, 0.717) is 27.0 Å². The van der Waals surface area contributed by atoms with Crippen molar-refractivity contribution in [3.05, 3.63) is 63.0 Å². The average molecular weight is 454 g/mol. The minimum absolute atomic E-state index is 0.0219. The summed E-state index contributed by atoms with van der Waals surface area (Å²) in [6.07, 6.45) is 8.28. The molecular weight excluding hydrogens is 424 g/mol. The summed E-state index contributed by atoms with van der Waals surface area (Å²) >= 11 is 5.42. The number of H-pyrrole nitrogens is 1. The molecule has 8 heteroatoms. The van der Waals surface area contributed by atoms with Gasteiger partial charge in [0, 0.05) is 5.56 Å². The number of fused-ring (bicyclic) bond motifs is 1. The minimum atomic E-state index is -0.191. The average Bonchev–Trinajstić information content (AvgIpc) is 3.35. The number of rotatable bonds is 4. The third kappa shape index (κ3) is 4.17. The van der Waals surface area contributed by atoms with E-state index >= 15 is 0 Å². The van der Waals surface area contributed by atoms with Crippen molar-refractivity contribution in [3.63, 3.8) is 0 Å². The van der Waals surface area contributed by atoms with E-state index in [9.17, 15) is 9.59 Å². The van der Waals surface area contributed by atoms with Crippen LogP contribution in [0, 0.1) is 4.77 Å². The van der Waals surface area contributed by atoms with E-state index < -0.39 is 0 Å². The Labute approximate surface area is 191 Å². The molecule has 5 rings (SSSR count). The third-order valence-corrected chi connectivity index (χ3v) is 7.32. The fourth-order valence-electron chi connectivity index (χ4n) is 5.19. The molecule has 0 radical (unpaired) electrons. The number of furan rings is 1. The number of quaternary nitrogens is 1. The molecule has 2 aliphatic rings. The van der Waals surface area contributed by atoms with Crippen molar-refractivity contribution in [2.75, 3.05) is 26.2 Å². The molecule has 32 heavy (non-hydrogen) atoms. The van der Waals surface area contributed by atoms with Crippen LogP contribution in [0.3, 0.4) is 0 Å². The topological polar surface area (TPSA) is 75.7 Å². The first-order chi connectivity index (χ1) is 15.6. The summed E-state index contributed by atoms with van der Waals surface area (Å²) in [5, 5.41) is 0.508. The molecule has 0 atom stereocenters. The van der Waals surface area contributed by atoms with Gasteiger partial charge in [0.1, 0.15) is 5.76 Å². The van der Waals surface area contributed by atoms with Crippen LogP contribution in [0.25, 0.3) is 10.9 Å². The fraction of sp³-hybridized carbons (Fsp3) is 0.458. The lowest BCUT2D eigenvalue weighted by Gasteiger charge is -2.38. The molecule has 2 aromatic heterocycles. The van der Waals surface area contributed by atoms with E-state index in [2.05, 4.69) is 4.98 Å². The molecular formula is C24H29N4O3S+. The molecule has 3 aromatic rings. The third-order valence-electron chi connectivity index (χ3n) is 7.00. The summed E-state index contributed by atoms with van der Waals surface area (Å²) in [5.74, 6) is 0.681. The zero-order chi connectivity index (χ0) is 22.1. The van der Waals surface area contributed by atoms with Crippen LogP contribution in [0.2, 0.25) is 0 Å². The van der Waals surface area contributed by atoms with E-state index in [-0.39, 0.29) is 18.0 Å². The maximum atomic E-state index is 13.2. The maximum Gasteiger partial charge on any atom is 0.262 e. The number of carbonyl (C=O) groups is 1. The molecule has 2 fully saturated rings. The molecule has 0 spiro atoms. The van der Waals surface area contributed by atoms with Gasteiger partial charge >= 0.3 is 0 Å². The number of aromatic amines is 1. The molecule has 1 saturated carbocycles. The number of aromatic nitrogens is 2. The molecule has 168 valence electrons. The Hall–Kier alpha value is -2.71. The van der Waals surface area contributed by atoms with Crippen LogP contribution in [0.4, 0.5) is 0 Å². The van der Waals surface area contributed by atoms with Crippen LogP contribution < -0.4 is 10.5 Å². The van der Waals surface area contributed by atoms with Crippen LogP contribution in [0.15, 0.2) is 45.8 Å². The van der Waals surface area contributed by atoms with E-state index in [1.165, 1.54) is 36.7 Å². The van der Waals surface area contributed by atoms with Gasteiger partial charge in [-0.05, 0) is 68.2 Å². The van der Waals surface area contributed by atoms with Crippen molar-refractivity contribution in [1.29, 1.82) is 0 Å². The van der Waals surface area contributed by atoms with Gasteiger partial charge in [-0.25, -0.2) is 0 Å². The zero-order valence-electron chi connectivity index (χ0n) is 18.1. The second-order valence-electron chi connectivity index (χ2n) is 8.95. The molecule has 0 unspecified atom stereocenters. The molecule has 1 saturated heterocycles. The largest absolute Gasteiger partial charge is 0.467 e. The number of benzene rings is 1. The standard InChI is InChI=1S/C24H28N4O3S/c29-22(27-12-10-26(11-13-27)18-5-2-1-3-6-18)17-8-9-20-21(15-17)25-24(32)28(23(20)30)16-19-7-4-14-31-19/h4,7-9,14-15,18H,1-3,5-6,10-13,16H2,(H,25,32)/p+1. The minimum Gasteiger partial charge on any atom is -0.467 e. The molecule has 2 N–H and O–H groups in total. The van der Waals surface area contributed by atoms with Crippen LogP contribution >= 0.6 is 12.2 Å². The van der Waals surface area contributed by atoms with Crippen LogP contribution in [0.5, 0.6) is 0 Å². The van der Waals surface area contributed by atoms with Crippen LogP contribution in [-0.4, -0.2) is 52.6 Å². The van der Waals surface area contributed by atoms with Crippen LogP contribution in [-0.2, 0) is 6.54 Å². The predicted octanol–water partition coefficient (Wildman–Crippen LogP) is 2.37. The Bertz CT molecular complexity index is 1220. The lowest BCUT2D eigenvalue weighted by Crippen LogP contribution is -3.18. The van der Waals surface area contributed by atoms with Crippen molar-refractivity contribution < 1.29 is 14.1 Å². The molecule has 3 heterocycles. The first-order valence-corrected chi connectivity index (χ1v) is 11.9. The number of amides is 1. The number of nitrogens with one attached hydrogen (secondary N) is 2. The Morgan fingerprint density at radius 1 is 1.16 bits per heavy atom. The Morgan fingerprint density at radius 2 is 1.94 bits per heavy atom. The number of carbonyl (C=O) groups excluding carboxylic acids is 1. The molecule has 1 aromatic carbocycles. The second-order valence-corrected chi connectivity index (χ2v) is 9.33. The quantitative estimate of drug-likeness (QED) is 0.595. The summed E-state index contributed by atoms with van der Waals surface area (Å²) in [7, 11) is 0. The summed E-state index contributed by atoms with van der Waals surface area (Å²) in [6.45, 7) is 3.87. The summed E-state index contributed by atoms with van der Waals surface area (Å²) in [6, 6.07) is 9.58. The van der Waals surface area contributed by atoms with E-state index in [1.807, 2.05) is 11.0 Å². The molecule has 7 nitrogen and oxygen atoms in total. The lowest BCUT2D eigenvalue weighted by atomic mass is 9.94. The predicted molar refractivity (Wildman–Crippen MR) is 125 cm³/mol. The smallest absolute Gasteiger partial charge is 0.262 e. The first kappa shape index (κ1) is 21.2. The summed E-state index contributed by atoms with van der Waals surface area (Å²) in [5.41, 5.74) is 0.990. The van der Waals surface area contributed by atoms with E-state index in [0.717, 1.165) is 32.2 Å². The highest BCUT2D eigenvalue weighted by atomic mass is 32.1. The monoisotopic (exact) mass is 453 g/mol. The van der Waals surface area contributed by atoms with Gasteiger partial charge < -0.3 is 19.2 Å². The number of hydrogen-bond donors (Lipinski definition) is 2. The highest BCUT2D eigenvalue weighted by Crippen LogP contribution is 2.17. The Balaban J connectivity index is 1.33. The zero-order valence-corrected chi connectivity index (χ0v) is 19.0. The van der Waals surface area contributed by atoms with Crippen LogP contribution in [0.1, 0.15) is 48.2 Å². The highest BCUT2D eigenvalue weighted by Gasteiger charge is 2.30. The summed E-state index contributed by atoms with van der Waals surface area (Å²) < 4.78 is 7.14. The maximum absolute atomic E-state index is 13.2. The lowest BCUT2D eigenvalue weighted by molar-refractivity contribution is -0.930. The van der Waals surface area contributed by atoms with Gasteiger partial charge in [-0.1, -0.05) is 6.42 Å². The van der Waals surface area contributed by atoms with Gasteiger partial charge in [0.2, 0.25) is 0 Å². The van der Waals surface area contributed by atoms with Crippen molar-refractivity contribution in [2.45, 2.75) is 44.7 Å². The van der Waals surface area contributed by atoms with Gasteiger partial charge in [0.15, 0.2) is 4.77 Å².